The Labute approximate surface area is 139 Å². The third kappa shape index (κ3) is 3.84. The van der Waals surface area contributed by atoms with E-state index in [0.29, 0.717) is 18.2 Å². The van der Waals surface area contributed by atoms with Crippen LogP contribution in [0.1, 0.15) is 11.1 Å². The van der Waals surface area contributed by atoms with Gasteiger partial charge in [0.15, 0.2) is 0 Å². The van der Waals surface area contributed by atoms with E-state index < -0.39 is 49.8 Å². The first-order valence-corrected chi connectivity index (χ1v) is 7.63. The predicted molar refractivity (Wildman–Crippen MR) is 74.2 cm³/mol. The van der Waals surface area contributed by atoms with E-state index in [9.17, 15) is 35.7 Å². The largest absolute Gasteiger partial charge is 0.508 e. The van der Waals surface area contributed by atoms with Gasteiger partial charge in [-0.3, -0.25) is 0 Å². The van der Waals surface area contributed by atoms with Crippen molar-refractivity contribution in [2.75, 3.05) is 0 Å². The van der Waals surface area contributed by atoms with Crippen LogP contribution < -0.4 is 0 Å². The van der Waals surface area contributed by atoms with E-state index in [0.717, 1.165) is 18.2 Å². The number of phenolic OH excluding ortho intramolecular Hbond substituents is 1. The zero-order chi connectivity index (χ0) is 18.3. The van der Waals surface area contributed by atoms with Crippen LogP contribution >= 0.6 is 11.6 Å². The number of alkyl halides is 6. The number of rotatable bonds is 2. The van der Waals surface area contributed by atoms with Crippen LogP contribution in [-0.2, 0) is 23.2 Å². The van der Waals surface area contributed by atoms with Gasteiger partial charge in [0.25, 0.3) is 0 Å². The average molecular weight is 389 g/mol. The quantitative estimate of drug-likeness (QED) is 0.713. The van der Waals surface area contributed by atoms with Gasteiger partial charge < -0.3 is 5.11 Å². The summed E-state index contributed by atoms with van der Waals surface area (Å²) >= 11 is 5.49. The fourth-order valence-electron chi connectivity index (χ4n) is 1.91. The van der Waals surface area contributed by atoms with Gasteiger partial charge in [0.2, 0.25) is 0 Å². The molecule has 0 saturated carbocycles. The molecule has 0 aliphatic heterocycles. The molecule has 0 fully saturated rings. The van der Waals surface area contributed by atoms with E-state index >= 15 is 0 Å². The van der Waals surface area contributed by atoms with Gasteiger partial charge in [-0.15, -0.1) is 0 Å². The Bertz CT molecular complexity index is 735. The van der Waals surface area contributed by atoms with Gasteiger partial charge in [-0.25, -0.2) is 4.21 Å². The molecule has 0 saturated heterocycles. The molecule has 2 rings (SSSR count). The van der Waals surface area contributed by atoms with Crippen molar-refractivity contribution in [3.8, 4) is 5.75 Å². The second kappa shape index (κ2) is 6.29. The van der Waals surface area contributed by atoms with Crippen LogP contribution in [0.3, 0.4) is 0 Å². The fraction of sp³-hybridized carbons (Fsp3) is 0.143. The fourth-order valence-corrected chi connectivity index (χ4v) is 3.45. The molecule has 1 atom stereocenters. The molecule has 0 aliphatic carbocycles. The van der Waals surface area contributed by atoms with E-state index in [4.69, 9.17) is 11.6 Å². The summed E-state index contributed by atoms with van der Waals surface area (Å²) in [6.07, 6.45) is -9.96. The number of benzene rings is 2. The minimum absolute atomic E-state index is 0.301. The Morgan fingerprint density at radius 2 is 1.29 bits per heavy atom. The molecule has 130 valence electrons. The van der Waals surface area contributed by atoms with Gasteiger partial charge in [0, 0.05) is 5.02 Å². The second-order valence-corrected chi connectivity index (χ2v) is 6.44. The molecule has 24 heavy (non-hydrogen) atoms. The Balaban J connectivity index is 2.68. The van der Waals surface area contributed by atoms with Crippen molar-refractivity contribution in [3.05, 3.63) is 52.5 Å². The third-order valence-corrected chi connectivity index (χ3v) is 4.66. The summed E-state index contributed by atoms with van der Waals surface area (Å²) in [7, 11) is -2.79. The molecule has 2 aromatic rings. The van der Waals surface area contributed by atoms with Gasteiger partial charge in [-0.05, 0) is 36.4 Å². The molecule has 0 aromatic heterocycles. The smallest absolute Gasteiger partial charge is 0.417 e. The number of halogens is 7. The maximum absolute atomic E-state index is 13.0. The third-order valence-electron chi connectivity index (χ3n) is 2.92. The number of aromatic hydroxyl groups is 1. The second-order valence-electron chi connectivity index (χ2n) is 4.59. The average Bonchev–Trinajstić information content (AvgIpc) is 2.44. The van der Waals surface area contributed by atoms with Gasteiger partial charge >= 0.3 is 12.4 Å². The predicted octanol–water partition coefficient (Wildman–Crippen LogP) is 5.25. The lowest BCUT2D eigenvalue weighted by atomic mass is 10.2. The summed E-state index contributed by atoms with van der Waals surface area (Å²) in [6, 6.07) is 4.03. The van der Waals surface area contributed by atoms with E-state index in [1.54, 1.807) is 0 Å². The first kappa shape index (κ1) is 18.6. The van der Waals surface area contributed by atoms with Gasteiger partial charge in [-0.2, -0.15) is 26.3 Å². The standard InChI is InChI=1S/C14H7ClF6O2S/c15-7-1-3-11(9(5-7)13(16,17)18)24(23)12-4-2-8(22)6-10(12)14(19,20)21/h1-6,22H. The molecule has 0 amide bonds. The molecular weight excluding hydrogens is 382 g/mol. The highest BCUT2D eigenvalue weighted by atomic mass is 35.5. The maximum atomic E-state index is 13.0. The minimum atomic E-state index is -5.01. The number of hydrogen-bond donors (Lipinski definition) is 1. The van der Waals surface area contributed by atoms with Crippen LogP contribution in [0.4, 0.5) is 26.3 Å². The summed E-state index contributed by atoms with van der Waals surface area (Å²) in [4.78, 5) is -1.75. The highest BCUT2D eigenvalue weighted by molar-refractivity contribution is 7.85. The van der Waals surface area contributed by atoms with Crippen molar-refractivity contribution in [2.24, 2.45) is 0 Å². The Morgan fingerprint density at radius 3 is 1.79 bits per heavy atom. The first-order chi connectivity index (χ1) is 10.9. The molecule has 0 heterocycles. The van der Waals surface area contributed by atoms with Crippen LogP contribution in [0, 0.1) is 0 Å². The molecule has 0 bridgehead atoms. The number of hydrogen-bond acceptors (Lipinski definition) is 2. The van der Waals surface area contributed by atoms with E-state index in [1.165, 1.54) is 0 Å². The van der Waals surface area contributed by atoms with Crippen molar-refractivity contribution in [1.29, 1.82) is 0 Å². The van der Waals surface area contributed by atoms with Crippen LogP contribution in [0.5, 0.6) is 5.75 Å². The Kier molecular flexibility index (Phi) is 4.87. The number of phenols is 1. The SMILES string of the molecule is O=S(c1ccc(O)cc1C(F)(F)F)c1ccc(Cl)cc1C(F)(F)F. The topological polar surface area (TPSA) is 37.3 Å². The summed E-state index contributed by atoms with van der Waals surface area (Å²) < 4.78 is 90.6. The molecule has 10 heteroatoms. The summed E-state index contributed by atoms with van der Waals surface area (Å²) in [5, 5.41) is 8.88. The lowest BCUT2D eigenvalue weighted by Crippen LogP contribution is -2.14. The summed E-state index contributed by atoms with van der Waals surface area (Å²) in [5.74, 6) is -0.754. The van der Waals surface area contributed by atoms with Crippen LogP contribution in [0.2, 0.25) is 5.02 Å². The van der Waals surface area contributed by atoms with E-state index in [-0.39, 0.29) is 5.02 Å². The first-order valence-electron chi connectivity index (χ1n) is 6.10. The molecule has 2 nitrogen and oxygen atoms in total. The lowest BCUT2D eigenvalue weighted by molar-refractivity contribution is -0.140. The molecule has 1 unspecified atom stereocenters. The molecule has 0 spiro atoms. The van der Waals surface area contributed by atoms with Crippen molar-refractivity contribution >= 4 is 22.4 Å². The monoisotopic (exact) mass is 388 g/mol. The molecular formula is C14H7ClF6O2S. The molecule has 1 N–H and O–H groups in total. The normalized spacial score (nSPS) is 13.8. The zero-order valence-corrected chi connectivity index (χ0v) is 12.9. The van der Waals surface area contributed by atoms with Crippen molar-refractivity contribution < 1.29 is 35.7 Å². The minimum Gasteiger partial charge on any atom is -0.508 e. The van der Waals surface area contributed by atoms with Crippen molar-refractivity contribution in [2.45, 2.75) is 22.1 Å². The van der Waals surface area contributed by atoms with Gasteiger partial charge in [-0.1, -0.05) is 11.6 Å². The zero-order valence-electron chi connectivity index (χ0n) is 11.4. The van der Waals surface area contributed by atoms with Gasteiger partial charge in [0.1, 0.15) is 5.75 Å². The molecule has 0 radical (unpaired) electrons. The summed E-state index contributed by atoms with van der Waals surface area (Å²) in [6.45, 7) is 0. The van der Waals surface area contributed by atoms with Crippen LogP contribution in [-0.4, -0.2) is 9.32 Å². The highest BCUT2D eigenvalue weighted by Crippen LogP contribution is 2.40. The van der Waals surface area contributed by atoms with Crippen molar-refractivity contribution in [3.63, 3.8) is 0 Å². The van der Waals surface area contributed by atoms with Crippen molar-refractivity contribution in [1.82, 2.24) is 0 Å². The summed E-state index contributed by atoms with van der Waals surface area (Å²) in [5.41, 5.74) is -2.88. The highest BCUT2D eigenvalue weighted by Gasteiger charge is 2.39. The Hall–Kier alpha value is -1.74. The molecule has 2 aromatic carbocycles. The Morgan fingerprint density at radius 1 is 0.833 bits per heavy atom. The lowest BCUT2D eigenvalue weighted by Gasteiger charge is -2.16. The van der Waals surface area contributed by atoms with Gasteiger partial charge in [0.05, 0.1) is 31.7 Å². The van der Waals surface area contributed by atoms with Crippen LogP contribution in [0.25, 0.3) is 0 Å². The van der Waals surface area contributed by atoms with E-state index in [2.05, 4.69) is 0 Å². The van der Waals surface area contributed by atoms with E-state index in [1.807, 2.05) is 0 Å². The molecule has 0 aliphatic rings. The maximum Gasteiger partial charge on any atom is 0.417 e. The van der Waals surface area contributed by atoms with Crippen LogP contribution in [0.15, 0.2) is 46.2 Å².